The highest BCUT2D eigenvalue weighted by molar-refractivity contribution is 7.90. The van der Waals surface area contributed by atoms with Gasteiger partial charge in [0.15, 0.2) is 0 Å². The molecule has 20 heavy (non-hydrogen) atoms. The standard InChI is InChI=1S/C12H18ClNO4S2/c1-19(15,16)10-2-9-14-20(17,18)12-5-3-11(4-6-12)7-8-13/h3-6,14H,2,7-10H2,1H3. The third-order valence-electron chi connectivity index (χ3n) is 2.60. The molecule has 0 heterocycles. The molecule has 0 spiro atoms. The molecule has 0 radical (unpaired) electrons. The van der Waals surface area contributed by atoms with Crippen molar-refractivity contribution in [2.45, 2.75) is 17.7 Å². The van der Waals surface area contributed by atoms with E-state index < -0.39 is 19.9 Å². The topological polar surface area (TPSA) is 80.3 Å². The summed E-state index contributed by atoms with van der Waals surface area (Å²) in [5, 5.41) is 0. The Morgan fingerprint density at radius 2 is 1.70 bits per heavy atom. The van der Waals surface area contributed by atoms with Gasteiger partial charge < -0.3 is 0 Å². The molecule has 0 unspecified atom stereocenters. The van der Waals surface area contributed by atoms with Gasteiger partial charge in [-0.1, -0.05) is 12.1 Å². The number of alkyl halides is 1. The molecule has 0 saturated carbocycles. The Labute approximate surface area is 125 Å². The molecule has 0 saturated heterocycles. The van der Waals surface area contributed by atoms with Gasteiger partial charge in [0, 0.05) is 18.7 Å². The van der Waals surface area contributed by atoms with Crippen molar-refractivity contribution >= 4 is 31.5 Å². The molecule has 8 heteroatoms. The molecule has 1 aromatic carbocycles. The van der Waals surface area contributed by atoms with Crippen LogP contribution in [0.1, 0.15) is 12.0 Å². The molecular weight excluding hydrogens is 322 g/mol. The van der Waals surface area contributed by atoms with Gasteiger partial charge in [0.1, 0.15) is 9.84 Å². The summed E-state index contributed by atoms with van der Waals surface area (Å²) in [5.41, 5.74) is 0.969. The van der Waals surface area contributed by atoms with Crippen LogP contribution in [-0.4, -0.2) is 41.3 Å². The van der Waals surface area contributed by atoms with Crippen molar-refractivity contribution in [1.82, 2.24) is 4.72 Å². The van der Waals surface area contributed by atoms with Crippen molar-refractivity contribution in [2.75, 3.05) is 24.4 Å². The summed E-state index contributed by atoms with van der Waals surface area (Å²) in [6.07, 6.45) is 2.06. The molecule has 1 rings (SSSR count). The highest BCUT2D eigenvalue weighted by Gasteiger charge is 2.13. The Balaban J connectivity index is 2.60. The summed E-state index contributed by atoms with van der Waals surface area (Å²) in [4.78, 5) is 0.162. The molecule has 0 bridgehead atoms. The quantitative estimate of drug-likeness (QED) is 0.569. The number of rotatable bonds is 8. The zero-order chi connectivity index (χ0) is 15.2. The number of sulfonamides is 1. The molecule has 0 aliphatic heterocycles. The predicted molar refractivity (Wildman–Crippen MR) is 80.4 cm³/mol. The molecule has 5 nitrogen and oxygen atoms in total. The second kappa shape index (κ2) is 7.40. The molecule has 0 atom stereocenters. The number of sulfone groups is 1. The Hall–Kier alpha value is -0.630. The summed E-state index contributed by atoms with van der Waals surface area (Å²) in [7, 11) is -6.65. The van der Waals surface area contributed by atoms with Gasteiger partial charge in [-0.15, -0.1) is 11.6 Å². The molecular formula is C12H18ClNO4S2. The fourth-order valence-electron chi connectivity index (χ4n) is 1.57. The minimum Gasteiger partial charge on any atom is -0.229 e. The van der Waals surface area contributed by atoms with Gasteiger partial charge in [0.2, 0.25) is 10.0 Å². The van der Waals surface area contributed by atoms with Crippen LogP contribution in [0.4, 0.5) is 0 Å². The van der Waals surface area contributed by atoms with E-state index in [2.05, 4.69) is 4.72 Å². The minimum absolute atomic E-state index is 0.0375. The fraction of sp³-hybridized carbons (Fsp3) is 0.500. The minimum atomic E-state index is -3.59. The zero-order valence-corrected chi connectivity index (χ0v) is 13.6. The lowest BCUT2D eigenvalue weighted by molar-refractivity contribution is 0.577. The number of nitrogens with one attached hydrogen (secondary N) is 1. The van der Waals surface area contributed by atoms with Crippen molar-refractivity contribution in [3.63, 3.8) is 0 Å². The maximum Gasteiger partial charge on any atom is 0.240 e. The van der Waals surface area contributed by atoms with Crippen LogP contribution in [0.2, 0.25) is 0 Å². The van der Waals surface area contributed by atoms with Crippen LogP contribution >= 0.6 is 11.6 Å². The van der Waals surface area contributed by atoms with Crippen LogP contribution in [0.3, 0.4) is 0 Å². The monoisotopic (exact) mass is 339 g/mol. The maximum atomic E-state index is 11.9. The average Bonchev–Trinajstić information content (AvgIpc) is 2.35. The first kappa shape index (κ1) is 17.4. The second-order valence-electron chi connectivity index (χ2n) is 4.46. The Bertz CT molecular complexity index is 624. The lowest BCUT2D eigenvalue weighted by Crippen LogP contribution is -2.26. The first-order valence-electron chi connectivity index (χ1n) is 6.07. The lowest BCUT2D eigenvalue weighted by Gasteiger charge is -2.07. The molecule has 0 fully saturated rings. The van der Waals surface area contributed by atoms with Crippen molar-refractivity contribution in [3.05, 3.63) is 29.8 Å². The SMILES string of the molecule is CS(=O)(=O)CCCNS(=O)(=O)c1ccc(CCCl)cc1. The summed E-state index contributed by atoms with van der Waals surface area (Å²) >= 11 is 5.61. The van der Waals surface area contributed by atoms with E-state index >= 15 is 0 Å². The van der Waals surface area contributed by atoms with Crippen molar-refractivity contribution < 1.29 is 16.8 Å². The average molecular weight is 340 g/mol. The van der Waals surface area contributed by atoms with E-state index in [1.54, 1.807) is 12.1 Å². The van der Waals surface area contributed by atoms with Crippen LogP contribution in [0.5, 0.6) is 0 Å². The first-order chi connectivity index (χ1) is 9.24. The van der Waals surface area contributed by atoms with Crippen LogP contribution in [0.25, 0.3) is 0 Å². The fourth-order valence-corrected chi connectivity index (χ4v) is 3.53. The van der Waals surface area contributed by atoms with Crippen LogP contribution in [0, 0.1) is 0 Å². The Kier molecular flexibility index (Phi) is 6.44. The van der Waals surface area contributed by atoms with Crippen LogP contribution in [-0.2, 0) is 26.3 Å². The van der Waals surface area contributed by atoms with E-state index in [0.717, 1.165) is 11.8 Å². The van der Waals surface area contributed by atoms with Crippen LogP contribution < -0.4 is 4.72 Å². The van der Waals surface area contributed by atoms with Gasteiger partial charge in [-0.05, 0) is 30.5 Å². The van der Waals surface area contributed by atoms with Gasteiger partial charge in [-0.2, -0.15) is 0 Å². The van der Waals surface area contributed by atoms with E-state index in [1.807, 2.05) is 0 Å². The van der Waals surface area contributed by atoms with Gasteiger partial charge in [-0.25, -0.2) is 21.6 Å². The molecule has 114 valence electrons. The molecule has 0 amide bonds. The van der Waals surface area contributed by atoms with Gasteiger partial charge in [-0.3, -0.25) is 0 Å². The molecule has 0 aromatic heterocycles. The maximum absolute atomic E-state index is 11.9. The third-order valence-corrected chi connectivity index (χ3v) is 5.30. The van der Waals surface area contributed by atoms with Crippen molar-refractivity contribution in [1.29, 1.82) is 0 Å². The highest BCUT2D eigenvalue weighted by Crippen LogP contribution is 2.11. The summed E-state index contributed by atoms with van der Waals surface area (Å²) < 4.78 is 48.1. The van der Waals surface area contributed by atoms with Gasteiger partial charge in [0.05, 0.1) is 10.6 Å². The van der Waals surface area contributed by atoms with Crippen molar-refractivity contribution in [2.24, 2.45) is 0 Å². The normalized spacial score (nSPS) is 12.5. The Morgan fingerprint density at radius 1 is 1.10 bits per heavy atom. The zero-order valence-electron chi connectivity index (χ0n) is 11.2. The molecule has 0 aliphatic rings. The van der Waals surface area contributed by atoms with E-state index in [4.69, 9.17) is 11.6 Å². The summed E-state index contributed by atoms with van der Waals surface area (Å²) in [6, 6.07) is 6.46. The highest BCUT2D eigenvalue weighted by atomic mass is 35.5. The smallest absolute Gasteiger partial charge is 0.229 e. The number of aryl methyl sites for hydroxylation is 1. The molecule has 0 aliphatic carbocycles. The number of hydrogen-bond acceptors (Lipinski definition) is 4. The summed E-state index contributed by atoms with van der Waals surface area (Å²) in [5.74, 6) is 0.444. The van der Waals surface area contributed by atoms with Gasteiger partial charge in [0.25, 0.3) is 0 Å². The van der Waals surface area contributed by atoms with Crippen LogP contribution in [0.15, 0.2) is 29.2 Å². The predicted octanol–water partition coefficient (Wildman–Crippen LogP) is 1.18. The summed E-state index contributed by atoms with van der Waals surface area (Å²) in [6.45, 7) is 0.0961. The first-order valence-corrected chi connectivity index (χ1v) is 10.1. The van der Waals surface area contributed by atoms with E-state index in [9.17, 15) is 16.8 Å². The van der Waals surface area contributed by atoms with Crippen molar-refractivity contribution in [3.8, 4) is 0 Å². The largest absolute Gasteiger partial charge is 0.240 e. The van der Waals surface area contributed by atoms with E-state index in [0.29, 0.717) is 12.3 Å². The number of benzene rings is 1. The number of hydrogen-bond donors (Lipinski definition) is 1. The second-order valence-corrected chi connectivity index (χ2v) is 8.87. The molecule has 1 N–H and O–H groups in total. The van der Waals surface area contributed by atoms with Gasteiger partial charge >= 0.3 is 0 Å². The molecule has 1 aromatic rings. The Morgan fingerprint density at radius 3 is 2.20 bits per heavy atom. The third kappa shape index (κ3) is 6.21. The van der Waals surface area contributed by atoms with E-state index in [1.165, 1.54) is 12.1 Å². The number of halogens is 1. The van der Waals surface area contributed by atoms with E-state index in [-0.39, 0.29) is 23.6 Å². The lowest BCUT2D eigenvalue weighted by atomic mass is 10.2.